The van der Waals surface area contributed by atoms with E-state index in [1.165, 1.54) is 22.3 Å². The lowest BCUT2D eigenvalue weighted by atomic mass is 9.86. The molecule has 1 aliphatic rings. The summed E-state index contributed by atoms with van der Waals surface area (Å²) in [6.45, 7) is 7.50. The van der Waals surface area contributed by atoms with Gasteiger partial charge in [-0.2, -0.15) is 0 Å². The number of carbonyl (C=O) groups is 1. The zero-order valence-electron chi connectivity index (χ0n) is 13.4. The highest BCUT2D eigenvalue weighted by atomic mass is 16.4. The van der Waals surface area contributed by atoms with Crippen LogP contribution in [0.2, 0.25) is 0 Å². The molecule has 0 aromatic heterocycles. The van der Waals surface area contributed by atoms with Crippen molar-refractivity contribution in [2.75, 3.05) is 6.54 Å². The first-order valence-electron chi connectivity index (χ1n) is 8.00. The van der Waals surface area contributed by atoms with E-state index in [1.54, 1.807) is 0 Å². The Morgan fingerprint density at radius 1 is 1.14 bits per heavy atom. The fraction of sp³-hybridized carbons (Fsp3) is 0.611. The maximum atomic E-state index is 10.9. The molecule has 1 saturated carbocycles. The zero-order valence-corrected chi connectivity index (χ0v) is 13.4. The molecule has 0 atom stereocenters. The topological polar surface area (TPSA) is 49.3 Å². The van der Waals surface area contributed by atoms with E-state index in [2.05, 4.69) is 38.2 Å². The second kappa shape index (κ2) is 7.08. The molecule has 1 fully saturated rings. The third kappa shape index (κ3) is 4.31. The third-order valence-electron chi connectivity index (χ3n) is 4.72. The Morgan fingerprint density at radius 3 is 2.24 bits per heavy atom. The SMILES string of the molecule is Cc1cc(C)c(CCNC2CCC(C(=O)O)CC2)c(C)c1. The van der Waals surface area contributed by atoms with Crippen molar-refractivity contribution < 1.29 is 9.90 Å². The van der Waals surface area contributed by atoms with E-state index >= 15 is 0 Å². The molecule has 0 amide bonds. The maximum Gasteiger partial charge on any atom is 0.306 e. The van der Waals surface area contributed by atoms with Gasteiger partial charge in [0.2, 0.25) is 0 Å². The molecule has 3 heteroatoms. The van der Waals surface area contributed by atoms with Gasteiger partial charge in [0.05, 0.1) is 5.92 Å². The number of carboxylic acids is 1. The molecule has 0 radical (unpaired) electrons. The van der Waals surface area contributed by atoms with Gasteiger partial charge in [0, 0.05) is 6.04 Å². The second-order valence-electron chi connectivity index (χ2n) is 6.47. The molecule has 0 bridgehead atoms. The normalized spacial score (nSPS) is 22.2. The van der Waals surface area contributed by atoms with Gasteiger partial charge in [-0.15, -0.1) is 0 Å². The summed E-state index contributed by atoms with van der Waals surface area (Å²) in [6, 6.07) is 4.99. The minimum Gasteiger partial charge on any atom is -0.481 e. The van der Waals surface area contributed by atoms with Crippen LogP contribution < -0.4 is 5.32 Å². The van der Waals surface area contributed by atoms with Crippen LogP contribution in [0.3, 0.4) is 0 Å². The van der Waals surface area contributed by atoms with Crippen LogP contribution in [0, 0.1) is 26.7 Å². The van der Waals surface area contributed by atoms with E-state index < -0.39 is 5.97 Å². The number of nitrogens with one attached hydrogen (secondary N) is 1. The van der Waals surface area contributed by atoms with Gasteiger partial charge < -0.3 is 10.4 Å². The first kappa shape index (κ1) is 16.0. The Kier molecular flexibility index (Phi) is 5.40. The van der Waals surface area contributed by atoms with E-state index in [4.69, 9.17) is 5.11 Å². The lowest BCUT2D eigenvalue weighted by Gasteiger charge is -2.27. The summed E-state index contributed by atoms with van der Waals surface area (Å²) in [7, 11) is 0. The van der Waals surface area contributed by atoms with Crippen LogP contribution in [0.1, 0.15) is 47.9 Å². The number of rotatable bonds is 5. The molecule has 0 aliphatic heterocycles. The monoisotopic (exact) mass is 289 g/mol. The Bertz CT molecular complexity index is 479. The van der Waals surface area contributed by atoms with Crippen LogP contribution in [-0.2, 0) is 11.2 Å². The predicted octanol–water partition coefficient (Wildman–Crippen LogP) is 3.39. The van der Waals surface area contributed by atoms with Gasteiger partial charge in [-0.25, -0.2) is 0 Å². The van der Waals surface area contributed by atoms with Crippen molar-refractivity contribution in [2.45, 2.75) is 58.9 Å². The van der Waals surface area contributed by atoms with E-state index in [-0.39, 0.29) is 5.92 Å². The number of aliphatic carboxylic acids is 1. The van der Waals surface area contributed by atoms with Gasteiger partial charge >= 0.3 is 5.97 Å². The molecule has 1 aromatic carbocycles. The second-order valence-corrected chi connectivity index (χ2v) is 6.47. The number of hydrogen-bond acceptors (Lipinski definition) is 2. The first-order valence-corrected chi connectivity index (χ1v) is 8.00. The van der Waals surface area contributed by atoms with Crippen LogP contribution in [0.15, 0.2) is 12.1 Å². The Hall–Kier alpha value is -1.35. The minimum absolute atomic E-state index is 0.121. The molecule has 21 heavy (non-hydrogen) atoms. The summed E-state index contributed by atoms with van der Waals surface area (Å²) in [6.07, 6.45) is 4.66. The van der Waals surface area contributed by atoms with Crippen molar-refractivity contribution in [3.63, 3.8) is 0 Å². The quantitative estimate of drug-likeness (QED) is 0.873. The molecule has 3 nitrogen and oxygen atoms in total. The van der Waals surface area contributed by atoms with Crippen molar-refractivity contribution in [1.29, 1.82) is 0 Å². The van der Waals surface area contributed by atoms with Gasteiger partial charge in [-0.1, -0.05) is 17.7 Å². The summed E-state index contributed by atoms with van der Waals surface area (Å²) in [5.41, 5.74) is 5.54. The summed E-state index contributed by atoms with van der Waals surface area (Å²) >= 11 is 0. The summed E-state index contributed by atoms with van der Waals surface area (Å²) < 4.78 is 0. The van der Waals surface area contributed by atoms with Crippen molar-refractivity contribution in [1.82, 2.24) is 5.32 Å². The summed E-state index contributed by atoms with van der Waals surface area (Å²) in [4.78, 5) is 10.9. The fourth-order valence-electron chi connectivity index (χ4n) is 3.55. The van der Waals surface area contributed by atoms with Gasteiger partial charge in [0.25, 0.3) is 0 Å². The molecule has 0 saturated heterocycles. The smallest absolute Gasteiger partial charge is 0.306 e. The highest BCUT2D eigenvalue weighted by Crippen LogP contribution is 2.24. The van der Waals surface area contributed by atoms with Crippen LogP contribution in [0.4, 0.5) is 0 Å². The van der Waals surface area contributed by atoms with E-state index in [9.17, 15) is 4.79 Å². The van der Waals surface area contributed by atoms with E-state index in [0.29, 0.717) is 6.04 Å². The summed E-state index contributed by atoms with van der Waals surface area (Å²) in [5.74, 6) is -0.746. The standard InChI is InChI=1S/C18H27NO2/c1-12-10-13(2)17(14(3)11-12)8-9-19-16-6-4-15(5-7-16)18(20)21/h10-11,15-16,19H,4-9H2,1-3H3,(H,20,21). The van der Waals surface area contributed by atoms with Crippen LogP contribution in [0.5, 0.6) is 0 Å². The molecule has 0 heterocycles. The Labute approximate surface area is 127 Å². The number of carboxylic acid groups (broad SMARTS) is 1. The molecule has 0 spiro atoms. The molecule has 2 N–H and O–H groups in total. The highest BCUT2D eigenvalue weighted by Gasteiger charge is 2.25. The lowest BCUT2D eigenvalue weighted by molar-refractivity contribution is -0.142. The van der Waals surface area contributed by atoms with Gasteiger partial charge in [-0.3, -0.25) is 4.79 Å². The molecular formula is C18H27NO2. The third-order valence-corrected chi connectivity index (χ3v) is 4.72. The molecule has 1 aromatic rings. The number of hydrogen-bond donors (Lipinski definition) is 2. The fourth-order valence-corrected chi connectivity index (χ4v) is 3.55. The van der Waals surface area contributed by atoms with Gasteiger partial charge in [-0.05, 0) is 76.1 Å². The molecular weight excluding hydrogens is 262 g/mol. The number of benzene rings is 1. The van der Waals surface area contributed by atoms with Crippen LogP contribution in [0.25, 0.3) is 0 Å². The maximum absolute atomic E-state index is 10.9. The largest absolute Gasteiger partial charge is 0.481 e. The predicted molar refractivity (Wildman–Crippen MR) is 85.7 cm³/mol. The minimum atomic E-state index is -0.626. The summed E-state index contributed by atoms with van der Waals surface area (Å²) in [5, 5.41) is 12.6. The molecule has 1 aliphatic carbocycles. The first-order chi connectivity index (χ1) is 9.97. The molecule has 0 unspecified atom stereocenters. The van der Waals surface area contributed by atoms with Crippen molar-refractivity contribution in [3.05, 3.63) is 34.4 Å². The number of aryl methyl sites for hydroxylation is 3. The molecule has 2 rings (SSSR count). The van der Waals surface area contributed by atoms with E-state index in [1.807, 2.05) is 0 Å². The lowest BCUT2D eigenvalue weighted by Crippen LogP contribution is -2.36. The Balaban J connectivity index is 1.79. The van der Waals surface area contributed by atoms with E-state index in [0.717, 1.165) is 38.6 Å². The zero-order chi connectivity index (χ0) is 15.4. The average molecular weight is 289 g/mol. The van der Waals surface area contributed by atoms with Gasteiger partial charge in [0.1, 0.15) is 0 Å². The highest BCUT2D eigenvalue weighted by molar-refractivity contribution is 5.70. The van der Waals surface area contributed by atoms with Crippen LogP contribution >= 0.6 is 0 Å². The Morgan fingerprint density at radius 2 is 1.71 bits per heavy atom. The average Bonchev–Trinajstić information content (AvgIpc) is 2.42. The van der Waals surface area contributed by atoms with Crippen LogP contribution in [-0.4, -0.2) is 23.7 Å². The van der Waals surface area contributed by atoms with Crippen molar-refractivity contribution in [2.24, 2.45) is 5.92 Å². The molecule has 116 valence electrons. The van der Waals surface area contributed by atoms with Gasteiger partial charge in [0.15, 0.2) is 0 Å². The van der Waals surface area contributed by atoms with Crippen molar-refractivity contribution >= 4 is 5.97 Å². The van der Waals surface area contributed by atoms with Crippen molar-refractivity contribution in [3.8, 4) is 0 Å².